The number of aromatic nitrogens is 1. The maximum absolute atomic E-state index is 11.4. The molecule has 2 rings (SSSR count). The first-order valence-electron chi connectivity index (χ1n) is 5.79. The average molecular weight is 275 g/mol. The molecule has 0 spiro atoms. The highest BCUT2D eigenvalue weighted by Crippen LogP contribution is 2.32. The number of hydrogen-bond acceptors (Lipinski definition) is 4. The zero-order chi connectivity index (χ0) is 13.7. The van der Waals surface area contributed by atoms with Crippen LogP contribution in [0.25, 0.3) is 0 Å². The summed E-state index contributed by atoms with van der Waals surface area (Å²) in [7, 11) is 0. The van der Waals surface area contributed by atoms with Crippen LogP contribution in [-0.2, 0) is 0 Å². The number of nitrogens with zero attached hydrogens (tertiary/aromatic N) is 1. The van der Waals surface area contributed by atoms with Gasteiger partial charge in [0.15, 0.2) is 0 Å². The maximum atomic E-state index is 11.4. The predicted molar refractivity (Wildman–Crippen MR) is 74.1 cm³/mol. The van der Waals surface area contributed by atoms with Gasteiger partial charge < -0.3 is 9.84 Å². The highest BCUT2D eigenvalue weighted by Gasteiger charge is 2.17. The third kappa shape index (κ3) is 3.26. The van der Waals surface area contributed by atoms with Crippen LogP contribution in [0.2, 0.25) is 0 Å². The molecule has 2 aromatic rings. The summed E-state index contributed by atoms with van der Waals surface area (Å²) in [6, 6.07) is 8.69. The van der Waals surface area contributed by atoms with Gasteiger partial charge in [-0.25, -0.2) is 4.79 Å². The molecule has 0 saturated heterocycles. The van der Waals surface area contributed by atoms with Crippen molar-refractivity contribution in [1.82, 2.24) is 4.98 Å². The number of carbonyl (C=O) groups is 1. The molecule has 98 valence electrons. The van der Waals surface area contributed by atoms with Gasteiger partial charge in [0.05, 0.1) is 6.20 Å². The minimum absolute atomic E-state index is 0.193. The van der Waals surface area contributed by atoms with E-state index in [1.165, 1.54) is 11.8 Å². The van der Waals surface area contributed by atoms with Crippen molar-refractivity contribution in [3.05, 3.63) is 48.3 Å². The number of carboxylic acids is 1. The zero-order valence-corrected chi connectivity index (χ0v) is 11.2. The van der Waals surface area contributed by atoms with Crippen LogP contribution in [0.5, 0.6) is 11.5 Å². The van der Waals surface area contributed by atoms with Crippen molar-refractivity contribution in [3.63, 3.8) is 0 Å². The molecule has 1 aromatic carbocycles. The maximum Gasteiger partial charge on any atom is 0.340 e. The minimum Gasteiger partial charge on any atom is -0.478 e. The molecular weight excluding hydrogens is 262 g/mol. The third-order valence-electron chi connectivity index (χ3n) is 2.36. The van der Waals surface area contributed by atoms with Crippen molar-refractivity contribution in [2.45, 2.75) is 11.8 Å². The molecule has 19 heavy (non-hydrogen) atoms. The van der Waals surface area contributed by atoms with E-state index in [0.717, 1.165) is 5.75 Å². The second kappa shape index (κ2) is 6.24. The minimum atomic E-state index is -0.990. The number of pyridine rings is 1. The zero-order valence-electron chi connectivity index (χ0n) is 10.4. The normalized spacial score (nSPS) is 10.2. The quantitative estimate of drug-likeness (QED) is 0.843. The number of rotatable bonds is 5. The summed E-state index contributed by atoms with van der Waals surface area (Å²) in [5, 5.41) is 9.34. The SMILES string of the molecule is CCSc1cccc(Oc2cccnc2)c1C(=O)O. The summed E-state index contributed by atoms with van der Waals surface area (Å²) in [4.78, 5) is 16.0. The molecule has 0 amide bonds. The molecule has 0 unspecified atom stereocenters. The fourth-order valence-corrected chi connectivity index (χ4v) is 2.44. The molecule has 0 fully saturated rings. The van der Waals surface area contributed by atoms with Crippen molar-refractivity contribution < 1.29 is 14.6 Å². The van der Waals surface area contributed by atoms with E-state index in [1.807, 2.05) is 6.92 Å². The van der Waals surface area contributed by atoms with Crippen LogP contribution in [0.4, 0.5) is 0 Å². The van der Waals surface area contributed by atoms with Crippen LogP contribution in [0.15, 0.2) is 47.6 Å². The van der Waals surface area contributed by atoms with Crippen molar-refractivity contribution >= 4 is 17.7 Å². The largest absolute Gasteiger partial charge is 0.478 e. The Morgan fingerprint density at radius 1 is 1.37 bits per heavy atom. The Morgan fingerprint density at radius 2 is 2.21 bits per heavy atom. The van der Waals surface area contributed by atoms with Crippen LogP contribution >= 0.6 is 11.8 Å². The molecule has 5 heteroatoms. The van der Waals surface area contributed by atoms with Gasteiger partial charge in [-0.15, -0.1) is 11.8 Å². The number of hydrogen-bond donors (Lipinski definition) is 1. The topological polar surface area (TPSA) is 59.4 Å². The number of ether oxygens (including phenoxy) is 1. The lowest BCUT2D eigenvalue weighted by molar-refractivity contribution is 0.0690. The monoisotopic (exact) mass is 275 g/mol. The van der Waals surface area contributed by atoms with Gasteiger partial charge in [-0.1, -0.05) is 13.0 Å². The molecule has 0 aliphatic heterocycles. The molecule has 0 aliphatic rings. The van der Waals surface area contributed by atoms with Crippen LogP contribution in [0.3, 0.4) is 0 Å². The van der Waals surface area contributed by atoms with E-state index < -0.39 is 5.97 Å². The van der Waals surface area contributed by atoms with E-state index in [4.69, 9.17) is 4.74 Å². The summed E-state index contributed by atoms with van der Waals surface area (Å²) in [5.74, 6) is 0.662. The Balaban J connectivity index is 2.39. The molecule has 0 aliphatic carbocycles. The summed E-state index contributed by atoms with van der Waals surface area (Å²) >= 11 is 1.48. The van der Waals surface area contributed by atoms with Crippen LogP contribution in [0.1, 0.15) is 17.3 Å². The Morgan fingerprint density at radius 3 is 2.84 bits per heavy atom. The molecule has 1 aromatic heterocycles. The Labute approximate surface area is 115 Å². The standard InChI is InChI=1S/C14H13NO3S/c1-2-19-12-7-3-6-11(13(12)14(16)17)18-10-5-4-8-15-9-10/h3-9H,2H2,1H3,(H,16,17). The van der Waals surface area contributed by atoms with Crippen molar-refractivity contribution in [2.24, 2.45) is 0 Å². The first kappa shape index (κ1) is 13.4. The van der Waals surface area contributed by atoms with E-state index >= 15 is 0 Å². The molecular formula is C14H13NO3S. The van der Waals surface area contributed by atoms with Crippen LogP contribution in [0, 0.1) is 0 Å². The Kier molecular flexibility index (Phi) is 4.41. The Bertz CT molecular complexity index is 572. The molecule has 1 N–H and O–H groups in total. The van der Waals surface area contributed by atoms with E-state index in [-0.39, 0.29) is 5.56 Å². The first-order chi connectivity index (χ1) is 9.22. The van der Waals surface area contributed by atoms with Crippen LogP contribution in [-0.4, -0.2) is 21.8 Å². The van der Waals surface area contributed by atoms with Crippen molar-refractivity contribution in [3.8, 4) is 11.5 Å². The summed E-state index contributed by atoms with van der Waals surface area (Å²) in [6.45, 7) is 1.98. The smallest absolute Gasteiger partial charge is 0.340 e. The Hall–Kier alpha value is -2.01. The van der Waals surface area contributed by atoms with Crippen molar-refractivity contribution in [1.29, 1.82) is 0 Å². The van der Waals surface area contributed by atoms with Gasteiger partial charge in [0, 0.05) is 11.1 Å². The number of aromatic carboxylic acids is 1. The lowest BCUT2D eigenvalue weighted by atomic mass is 10.2. The van der Waals surface area contributed by atoms with Gasteiger partial charge in [-0.2, -0.15) is 0 Å². The summed E-state index contributed by atoms with van der Waals surface area (Å²) < 4.78 is 5.60. The number of benzene rings is 1. The fourth-order valence-electron chi connectivity index (χ4n) is 1.62. The summed E-state index contributed by atoms with van der Waals surface area (Å²) in [5.41, 5.74) is 0.193. The van der Waals surface area contributed by atoms with Crippen molar-refractivity contribution in [2.75, 3.05) is 5.75 Å². The number of thioether (sulfide) groups is 1. The third-order valence-corrected chi connectivity index (χ3v) is 3.30. The molecule has 4 nitrogen and oxygen atoms in total. The number of carboxylic acid groups (broad SMARTS) is 1. The van der Waals surface area contributed by atoms with Gasteiger partial charge in [0.25, 0.3) is 0 Å². The first-order valence-corrected chi connectivity index (χ1v) is 6.78. The van der Waals surface area contributed by atoms with Gasteiger partial charge in [-0.3, -0.25) is 4.98 Å². The van der Waals surface area contributed by atoms with E-state index in [0.29, 0.717) is 16.4 Å². The van der Waals surface area contributed by atoms with Gasteiger partial charge in [0.1, 0.15) is 17.1 Å². The predicted octanol–water partition coefficient (Wildman–Crippen LogP) is 3.68. The van der Waals surface area contributed by atoms with E-state index in [2.05, 4.69) is 4.98 Å². The van der Waals surface area contributed by atoms with E-state index in [9.17, 15) is 9.90 Å². The van der Waals surface area contributed by atoms with Gasteiger partial charge in [-0.05, 0) is 30.0 Å². The van der Waals surface area contributed by atoms with E-state index in [1.54, 1.807) is 42.7 Å². The van der Waals surface area contributed by atoms with Gasteiger partial charge in [0.2, 0.25) is 0 Å². The lowest BCUT2D eigenvalue weighted by Crippen LogP contribution is -2.02. The average Bonchev–Trinajstić information content (AvgIpc) is 2.40. The molecule has 0 atom stereocenters. The summed E-state index contributed by atoms with van der Waals surface area (Å²) in [6.07, 6.45) is 3.18. The highest BCUT2D eigenvalue weighted by molar-refractivity contribution is 7.99. The highest BCUT2D eigenvalue weighted by atomic mass is 32.2. The molecule has 1 heterocycles. The second-order valence-corrected chi connectivity index (χ2v) is 4.96. The van der Waals surface area contributed by atoms with Crippen LogP contribution < -0.4 is 4.74 Å². The van der Waals surface area contributed by atoms with Gasteiger partial charge >= 0.3 is 5.97 Å². The second-order valence-electron chi connectivity index (χ2n) is 3.66. The lowest BCUT2D eigenvalue weighted by Gasteiger charge is -2.11. The molecule has 0 bridgehead atoms. The molecule has 0 radical (unpaired) electrons. The fraction of sp³-hybridized carbons (Fsp3) is 0.143. The molecule has 0 saturated carbocycles.